The van der Waals surface area contributed by atoms with Gasteiger partial charge in [-0.1, -0.05) is 47.1 Å². The summed E-state index contributed by atoms with van der Waals surface area (Å²) in [6.07, 6.45) is 9.95. The van der Waals surface area contributed by atoms with Crippen LogP contribution in [0.15, 0.2) is 11.6 Å². The molecule has 0 aromatic heterocycles. The molecule has 0 spiro atoms. The van der Waals surface area contributed by atoms with Crippen molar-refractivity contribution < 1.29 is 19.8 Å². The Labute approximate surface area is 206 Å². The highest BCUT2D eigenvalue weighted by atomic mass is 16.4. The Hall–Kier alpha value is -1.16. The smallest absolute Gasteiger partial charge is 0.309 e. The molecule has 190 valence electrons. The predicted molar refractivity (Wildman–Crippen MR) is 133 cm³/mol. The summed E-state index contributed by atoms with van der Waals surface area (Å²) in [7, 11) is 0. The van der Waals surface area contributed by atoms with Crippen LogP contribution in [0.4, 0.5) is 0 Å². The van der Waals surface area contributed by atoms with Gasteiger partial charge in [-0.3, -0.25) is 9.59 Å². The lowest BCUT2D eigenvalue weighted by Crippen LogP contribution is -2.66. The fourth-order valence-corrected chi connectivity index (χ4v) is 10.4. The summed E-state index contributed by atoms with van der Waals surface area (Å²) in [6.45, 7) is 15.8. The first kappa shape index (κ1) is 24.5. The molecule has 0 unspecified atom stereocenters. The average Bonchev–Trinajstić information content (AvgIpc) is 2.73. The lowest BCUT2D eigenvalue weighted by Gasteiger charge is -2.70. The molecule has 0 aromatic carbocycles. The molecule has 0 saturated heterocycles. The van der Waals surface area contributed by atoms with Crippen LogP contribution in [0.1, 0.15) is 106 Å². The summed E-state index contributed by atoms with van der Waals surface area (Å²) in [5.41, 5.74) is 0.142. The molecule has 0 amide bonds. The molecule has 5 rings (SSSR count). The van der Waals surface area contributed by atoms with E-state index in [0.717, 1.165) is 51.4 Å². The van der Waals surface area contributed by atoms with Gasteiger partial charge in [0.05, 0.1) is 11.5 Å². The Kier molecular flexibility index (Phi) is 5.04. The molecule has 4 saturated carbocycles. The fraction of sp³-hybridized carbons (Fsp3) is 0.867. The summed E-state index contributed by atoms with van der Waals surface area (Å²) in [5.74, 6) is 0.0603. The molecule has 0 aliphatic heterocycles. The lowest BCUT2D eigenvalue weighted by molar-refractivity contribution is -0.202. The maximum Gasteiger partial charge on any atom is 0.309 e. The van der Waals surface area contributed by atoms with Gasteiger partial charge in [0.1, 0.15) is 0 Å². The molecular weight excluding hydrogens is 424 g/mol. The second-order valence-corrected chi connectivity index (χ2v) is 14.9. The monoisotopic (exact) mass is 470 g/mol. The summed E-state index contributed by atoms with van der Waals surface area (Å²) in [5, 5.41) is 20.9. The number of hydrogen-bond donors (Lipinski definition) is 2. The second-order valence-electron chi connectivity index (χ2n) is 14.9. The number of carboxylic acid groups (broad SMARTS) is 1. The van der Waals surface area contributed by atoms with E-state index in [1.165, 1.54) is 5.57 Å². The van der Waals surface area contributed by atoms with E-state index in [-0.39, 0.29) is 50.8 Å². The van der Waals surface area contributed by atoms with Crippen molar-refractivity contribution in [2.75, 3.05) is 0 Å². The molecule has 0 bridgehead atoms. The van der Waals surface area contributed by atoms with Gasteiger partial charge in [0.25, 0.3) is 0 Å². The van der Waals surface area contributed by atoms with Gasteiger partial charge < -0.3 is 10.2 Å². The molecule has 0 radical (unpaired) electrons. The average molecular weight is 471 g/mol. The number of rotatable bonds is 1. The maximum atomic E-state index is 14.2. The van der Waals surface area contributed by atoms with E-state index in [9.17, 15) is 19.8 Å². The lowest BCUT2D eigenvalue weighted by atomic mass is 9.33. The van der Waals surface area contributed by atoms with Crippen LogP contribution in [-0.4, -0.2) is 28.1 Å². The van der Waals surface area contributed by atoms with Crippen LogP contribution in [0.5, 0.6) is 0 Å². The Bertz CT molecular complexity index is 965. The Morgan fingerprint density at radius 1 is 0.912 bits per heavy atom. The molecule has 0 aromatic rings. The summed E-state index contributed by atoms with van der Waals surface area (Å²) in [4.78, 5) is 26.4. The van der Waals surface area contributed by atoms with Crippen LogP contribution in [0, 0.1) is 50.2 Å². The van der Waals surface area contributed by atoms with E-state index < -0.39 is 11.4 Å². The molecule has 4 nitrogen and oxygen atoms in total. The molecule has 34 heavy (non-hydrogen) atoms. The molecule has 4 fully saturated rings. The number of aliphatic hydroxyl groups is 1. The van der Waals surface area contributed by atoms with Crippen LogP contribution in [0.25, 0.3) is 0 Å². The van der Waals surface area contributed by atoms with Crippen molar-refractivity contribution in [2.45, 2.75) is 112 Å². The van der Waals surface area contributed by atoms with Gasteiger partial charge in [0.15, 0.2) is 5.78 Å². The first-order valence-corrected chi connectivity index (χ1v) is 13.7. The third-order valence-electron chi connectivity index (χ3n) is 13.1. The molecular formula is C30H46O4. The van der Waals surface area contributed by atoms with Crippen molar-refractivity contribution >= 4 is 11.8 Å². The topological polar surface area (TPSA) is 74.6 Å². The number of carbonyl (C=O) groups is 2. The quantitative estimate of drug-likeness (QED) is 0.464. The van der Waals surface area contributed by atoms with Gasteiger partial charge in [-0.15, -0.1) is 0 Å². The number of ketones is 1. The molecule has 5 aliphatic carbocycles. The van der Waals surface area contributed by atoms with E-state index in [1.807, 2.05) is 13.0 Å². The van der Waals surface area contributed by atoms with E-state index in [2.05, 4.69) is 41.5 Å². The number of carbonyl (C=O) groups excluding carboxylic acids is 1. The van der Waals surface area contributed by atoms with Crippen molar-refractivity contribution in [3.8, 4) is 0 Å². The number of aliphatic hydroxyl groups excluding tert-OH is 1. The van der Waals surface area contributed by atoms with Crippen molar-refractivity contribution in [3.05, 3.63) is 11.6 Å². The highest BCUT2D eigenvalue weighted by molar-refractivity contribution is 5.95. The Morgan fingerprint density at radius 2 is 1.56 bits per heavy atom. The van der Waals surface area contributed by atoms with Gasteiger partial charge in [0.2, 0.25) is 0 Å². The fourth-order valence-electron chi connectivity index (χ4n) is 10.4. The van der Waals surface area contributed by atoms with E-state index >= 15 is 0 Å². The molecule has 9 atom stereocenters. The first-order valence-electron chi connectivity index (χ1n) is 13.7. The standard InChI is InChI=1S/C30H46O4/c1-25(2)21-8-11-30(7)23(28(21,5)10-9-22(25)32)20(31)16-18-19-17-27(4,24(33)34)13-12-26(19,3)14-15-29(18,30)6/h16,19,21-23,32H,8-15,17H2,1-7H3,(H,33,34)/t19-,21-,22-,23-,26-,27+,28+,29-,30-/m1/s1. The normalized spacial score (nSPS) is 54.1. The minimum absolute atomic E-state index is 0.0296. The van der Waals surface area contributed by atoms with Crippen LogP contribution in [0.2, 0.25) is 0 Å². The van der Waals surface area contributed by atoms with Gasteiger partial charge in [-0.2, -0.15) is 0 Å². The number of aliphatic carboxylic acids is 1. The first-order chi connectivity index (χ1) is 15.6. The number of hydrogen-bond acceptors (Lipinski definition) is 3. The highest BCUT2D eigenvalue weighted by Crippen LogP contribution is 2.75. The van der Waals surface area contributed by atoms with Gasteiger partial charge in [0, 0.05) is 5.92 Å². The van der Waals surface area contributed by atoms with Crippen LogP contribution < -0.4 is 0 Å². The largest absolute Gasteiger partial charge is 0.481 e. The van der Waals surface area contributed by atoms with Crippen molar-refractivity contribution in [1.82, 2.24) is 0 Å². The SMILES string of the molecule is CC1(C)[C@H](O)CC[C@@]2(C)[C@@H]1CC[C@]1(C)[C@@H]2C(=O)C=C2[C@H]3C[C@@](C)(C(=O)O)CC[C@]3(C)CC[C@]21C. The minimum atomic E-state index is -0.711. The van der Waals surface area contributed by atoms with Crippen LogP contribution in [-0.2, 0) is 9.59 Å². The van der Waals surface area contributed by atoms with Crippen LogP contribution >= 0.6 is 0 Å². The summed E-state index contributed by atoms with van der Waals surface area (Å²) in [6, 6.07) is 0. The van der Waals surface area contributed by atoms with Gasteiger partial charge in [-0.25, -0.2) is 0 Å². The zero-order valence-corrected chi connectivity index (χ0v) is 22.5. The Balaban J connectivity index is 1.62. The van der Waals surface area contributed by atoms with E-state index in [1.54, 1.807) is 0 Å². The molecule has 2 N–H and O–H groups in total. The second kappa shape index (κ2) is 6.99. The summed E-state index contributed by atoms with van der Waals surface area (Å²) >= 11 is 0. The highest BCUT2D eigenvalue weighted by Gasteiger charge is 2.70. The molecule has 0 heterocycles. The Morgan fingerprint density at radius 3 is 2.21 bits per heavy atom. The zero-order chi connectivity index (χ0) is 25.1. The minimum Gasteiger partial charge on any atom is -0.481 e. The van der Waals surface area contributed by atoms with E-state index in [4.69, 9.17) is 0 Å². The number of fused-ring (bicyclic) bond motifs is 7. The van der Waals surface area contributed by atoms with Gasteiger partial charge in [-0.05, 0) is 110 Å². The maximum absolute atomic E-state index is 14.2. The molecule has 4 heteroatoms. The molecule has 5 aliphatic rings. The predicted octanol–water partition coefficient (Wildman–Crippen LogP) is 6.41. The van der Waals surface area contributed by atoms with Crippen LogP contribution in [0.3, 0.4) is 0 Å². The third-order valence-corrected chi connectivity index (χ3v) is 13.1. The van der Waals surface area contributed by atoms with Crippen molar-refractivity contribution in [3.63, 3.8) is 0 Å². The summed E-state index contributed by atoms with van der Waals surface area (Å²) < 4.78 is 0. The zero-order valence-electron chi connectivity index (χ0n) is 22.5. The van der Waals surface area contributed by atoms with E-state index in [0.29, 0.717) is 12.3 Å². The number of allylic oxidation sites excluding steroid dienone is 2. The van der Waals surface area contributed by atoms with Gasteiger partial charge >= 0.3 is 5.97 Å². The number of carboxylic acids is 1. The van der Waals surface area contributed by atoms with Crippen molar-refractivity contribution in [2.24, 2.45) is 50.2 Å². The van der Waals surface area contributed by atoms with Crippen molar-refractivity contribution in [1.29, 1.82) is 0 Å². The third kappa shape index (κ3) is 2.81.